The lowest BCUT2D eigenvalue weighted by molar-refractivity contribution is -0.221. The van der Waals surface area contributed by atoms with Gasteiger partial charge in [-0.2, -0.15) is 0 Å². The Hall–Kier alpha value is -2.93. The minimum absolute atomic E-state index is 0.0606. The van der Waals surface area contributed by atoms with E-state index >= 15 is 0 Å². The second-order valence-corrected chi connectivity index (χ2v) is 17.8. The number of ether oxygens (including phenoxy) is 9. The highest BCUT2D eigenvalue weighted by atomic mass is 16.9. The Labute approximate surface area is 342 Å². The van der Waals surface area contributed by atoms with E-state index in [1.165, 1.54) is 0 Å². The van der Waals surface area contributed by atoms with Crippen LogP contribution in [0.1, 0.15) is 86.6 Å². The van der Waals surface area contributed by atoms with Gasteiger partial charge < -0.3 is 63.5 Å². The molecule has 1 amide bonds. The fourth-order valence-electron chi connectivity index (χ4n) is 8.05. The highest BCUT2D eigenvalue weighted by molar-refractivity contribution is 5.72. The molecule has 6 heterocycles. The summed E-state index contributed by atoms with van der Waals surface area (Å²) in [4.78, 5) is 41.2. The molecular formula is C42H66N4O12. The van der Waals surface area contributed by atoms with Gasteiger partial charge in [-0.1, -0.05) is 58.0 Å². The molecule has 1 aromatic carbocycles. The maximum Gasteiger partial charge on any atom is 0.407 e. The molecule has 16 nitrogen and oxygen atoms in total. The van der Waals surface area contributed by atoms with Crippen LogP contribution < -0.4 is 11.1 Å². The molecule has 3 N–H and O–H groups in total. The van der Waals surface area contributed by atoms with E-state index in [1.54, 1.807) is 0 Å². The SMILES string of the molecule is CC(C)C(=O)O[C@@H]1[C@H]2OC(C)(C)O[C@H]2O[C@@H]1CN1CCC(N)CC1.CC(C)C(=O)O[C@@H]1[C@H]2OC(C)(C)O[C@H]2O[C@@H]1CN1CCC(NC(=O)OCc2ccccc2)CC1. The molecule has 6 aliphatic rings. The van der Waals surface area contributed by atoms with Crippen molar-refractivity contribution in [3.63, 3.8) is 0 Å². The number of carbonyl (C=O) groups excluding carboxylic acids is 3. The number of esters is 2. The van der Waals surface area contributed by atoms with Crippen molar-refractivity contribution < 1.29 is 57.0 Å². The molecule has 0 radical (unpaired) electrons. The average Bonchev–Trinajstić information content (AvgIpc) is 3.84. The molecular weight excluding hydrogens is 752 g/mol. The van der Waals surface area contributed by atoms with Gasteiger partial charge in [-0.15, -0.1) is 0 Å². The Morgan fingerprint density at radius 2 is 1.17 bits per heavy atom. The number of nitrogens with two attached hydrogens (primary N) is 1. The normalized spacial score (nSPS) is 32.3. The monoisotopic (exact) mass is 818 g/mol. The summed E-state index contributed by atoms with van der Waals surface area (Å²) in [6, 6.07) is 9.96. The van der Waals surface area contributed by atoms with Crippen LogP contribution in [0.4, 0.5) is 4.79 Å². The van der Waals surface area contributed by atoms with E-state index in [1.807, 2.05) is 85.7 Å². The van der Waals surface area contributed by atoms with Gasteiger partial charge in [-0.05, 0) is 72.0 Å². The van der Waals surface area contributed by atoms with Gasteiger partial charge in [-0.3, -0.25) is 9.59 Å². The van der Waals surface area contributed by atoms with Crippen LogP contribution in [0.15, 0.2) is 30.3 Å². The highest BCUT2D eigenvalue weighted by Gasteiger charge is 2.58. The van der Waals surface area contributed by atoms with Gasteiger partial charge in [0.05, 0.1) is 11.8 Å². The molecule has 7 rings (SSSR count). The predicted molar refractivity (Wildman–Crippen MR) is 210 cm³/mol. The number of amides is 1. The number of likely N-dealkylation sites (tertiary alicyclic amines) is 2. The van der Waals surface area contributed by atoms with Gasteiger partial charge in [0.15, 0.2) is 48.6 Å². The van der Waals surface area contributed by atoms with Gasteiger partial charge in [0.1, 0.15) is 18.8 Å². The molecule has 0 saturated carbocycles. The summed E-state index contributed by atoms with van der Waals surface area (Å²) in [6.45, 7) is 19.6. The minimum atomic E-state index is -0.776. The van der Waals surface area contributed by atoms with Crippen LogP contribution >= 0.6 is 0 Å². The number of hydrogen-bond donors (Lipinski definition) is 2. The van der Waals surface area contributed by atoms with Crippen LogP contribution in [0, 0.1) is 11.8 Å². The van der Waals surface area contributed by atoms with Crippen LogP contribution in [0.25, 0.3) is 0 Å². The standard InChI is InChI=1S/C25H36N2O7.C17H30N2O5/c1-16(2)22(28)32-20-19(31-23-21(20)33-25(3,4)34-23)14-27-12-10-18(11-13-27)26-24(29)30-15-17-8-6-5-7-9-17;1-10(2)15(20)22-13-12(9-19-7-5-11(18)6-8-19)21-16-14(13)23-17(3,4)24-16/h5-9,16,18-21,23H,10-15H2,1-4H3,(H,26,29);10-14,16H,5-9,18H2,1-4H3/t19-,20+,21-,23-;12-,13+,14-,16-/m11/s1. The van der Waals surface area contributed by atoms with Gasteiger partial charge >= 0.3 is 18.0 Å². The Balaban J connectivity index is 0.000000208. The Bertz CT molecular complexity index is 1510. The number of hydrogen-bond acceptors (Lipinski definition) is 15. The molecule has 0 aromatic heterocycles. The second-order valence-electron chi connectivity index (χ2n) is 17.8. The Morgan fingerprint density at radius 1 is 0.724 bits per heavy atom. The van der Waals surface area contributed by atoms with Crippen molar-refractivity contribution in [2.75, 3.05) is 39.3 Å². The summed E-state index contributed by atoms with van der Waals surface area (Å²) in [7, 11) is 0. The van der Waals surface area contributed by atoms with Crippen LogP contribution in [-0.2, 0) is 58.8 Å². The molecule has 0 spiro atoms. The fraction of sp³-hybridized carbons (Fsp3) is 0.786. The number of carbonyl (C=O) groups is 3. The molecule has 326 valence electrons. The van der Waals surface area contributed by atoms with Crippen molar-refractivity contribution in [1.29, 1.82) is 0 Å². The van der Waals surface area contributed by atoms with Crippen molar-refractivity contribution in [2.45, 2.75) is 161 Å². The first kappa shape index (κ1) is 44.6. The van der Waals surface area contributed by atoms with Crippen molar-refractivity contribution >= 4 is 18.0 Å². The number of fused-ring (bicyclic) bond motifs is 2. The summed E-state index contributed by atoms with van der Waals surface area (Å²) in [5.74, 6) is -2.43. The molecule has 16 heteroatoms. The van der Waals surface area contributed by atoms with Crippen molar-refractivity contribution in [1.82, 2.24) is 15.1 Å². The van der Waals surface area contributed by atoms with Crippen LogP contribution in [-0.4, -0.2) is 140 Å². The van der Waals surface area contributed by atoms with E-state index in [0.717, 1.165) is 57.4 Å². The summed E-state index contributed by atoms with van der Waals surface area (Å²) in [5.41, 5.74) is 6.93. The first-order valence-electron chi connectivity index (χ1n) is 21.1. The lowest BCUT2D eigenvalue weighted by atomic mass is 10.0. The van der Waals surface area contributed by atoms with E-state index in [-0.39, 0.29) is 60.8 Å². The van der Waals surface area contributed by atoms with E-state index in [4.69, 9.17) is 48.4 Å². The fourth-order valence-corrected chi connectivity index (χ4v) is 8.05. The molecule has 6 fully saturated rings. The molecule has 0 unspecified atom stereocenters. The third kappa shape index (κ3) is 11.9. The van der Waals surface area contributed by atoms with E-state index in [2.05, 4.69) is 15.1 Å². The number of nitrogens with zero attached hydrogens (tertiary/aromatic N) is 2. The molecule has 0 aliphatic carbocycles. The first-order valence-corrected chi connectivity index (χ1v) is 21.1. The molecule has 58 heavy (non-hydrogen) atoms. The molecule has 0 bridgehead atoms. The van der Waals surface area contributed by atoms with E-state index in [9.17, 15) is 14.4 Å². The van der Waals surface area contributed by atoms with Crippen molar-refractivity contribution in [3.8, 4) is 0 Å². The third-order valence-corrected chi connectivity index (χ3v) is 11.3. The van der Waals surface area contributed by atoms with Gasteiger partial charge in [0, 0.05) is 38.3 Å². The largest absolute Gasteiger partial charge is 0.456 e. The summed E-state index contributed by atoms with van der Waals surface area (Å²) in [5, 5.41) is 2.96. The predicted octanol–water partition coefficient (Wildman–Crippen LogP) is 3.68. The third-order valence-electron chi connectivity index (χ3n) is 11.3. The topological polar surface area (TPSA) is 179 Å². The summed E-state index contributed by atoms with van der Waals surface area (Å²) < 4.78 is 52.7. The van der Waals surface area contributed by atoms with Crippen LogP contribution in [0.2, 0.25) is 0 Å². The smallest absolute Gasteiger partial charge is 0.407 e. The van der Waals surface area contributed by atoms with E-state index < -0.39 is 48.6 Å². The zero-order chi connectivity index (χ0) is 41.8. The molecule has 8 atom stereocenters. The van der Waals surface area contributed by atoms with Crippen LogP contribution in [0.3, 0.4) is 0 Å². The van der Waals surface area contributed by atoms with Gasteiger partial charge in [-0.25, -0.2) is 4.79 Å². The summed E-state index contributed by atoms with van der Waals surface area (Å²) in [6.07, 6.45) is -0.229. The second kappa shape index (κ2) is 19.2. The number of benzene rings is 1. The minimum Gasteiger partial charge on any atom is -0.456 e. The maximum absolute atomic E-state index is 12.3. The van der Waals surface area contributed by atoms with Crippen molar-refractivity contribution in [2.24, 2.45) is 17.6 Å². The quantitative estimate of drug-likeness (QED) is 0.244. The first-order chi connectivity index (χ1) is 27.4. The number of nitrogens with one attached hydrogen (secondary N) is 1. The van der Waals surface area contributed by atoms with Crippen molar-refractivity contribution in [3.05, 3.63) is 35.9 Å². The molecule has 6 aliphatic heterocycles. The zero-order valence-corrected chi connectivity index (χ0v) is 35.5. The van der Waals surface area contributed by atoms with Crippen LogP contribution in [0.5, 0.6) is 0 Å². The van der Waals surface area contributed by atoms with E-state index in [0.29, 0.717) is 13.1 Å². The lowest BCUT2D eigenvalue weighted by Gasteiger charge is -2.35. The molecule has 6 saturated heterocycles. The van der Waals surface area contributed by atoms with Gasteiger partial charge in [0.2, 0.25) is 0 Å². The maximum atomic E-state index is 12.3. The lowest BCUT2D eigenvalue weighted by Crippen LogP contribution is -2.49. The number of piperidine rings is 2. The highest BCUT2D eigenvalue weighted by Crippen LogP contribution is 2.41. The zero-order valence-electron chi connectivity index (χ0n) is 35.5. The number of alkyl carbamates (subject to hydrolysis) is 1. The van der Waals surface area contributed by atoms with Gasteiger partial charge in [0.25, 0.3) is 0 Å². The number of rotatable bonds is 11. The summed E-state index contributed by atoms with van der Waals surface area (Å²) >= 11 is 0. The molecule has 1 aromatic rings. The Kier molecular flexibility index (Phi) is 14.8. The average molecular weight is 819 g/mol. The Morgan fingerprint density at radius 3 is 1.62 bits per heavy atom.